The molecule has 1 atom stereocenters. The van der Waals surface area contributed by atoms with Crippen molar-refractivity contribution >= 4 is 17.6 Å². The molecule has 0 aromatic carbocycles. The first-order chi connectivity index (χ1) is 21.9. The minimum Gasteiger partial charge on any atom is -0.382 e. The van der Waals surface area contributed by atoms with Gasteiger partial charge in [-0.3, -0.25) is 14.4 Å². The van der Waals surface area contributed by atoms with Gasteiger partial charge in [0.15, 0.2) is 5.78 Å². The summed E-state index contributed by atoms with van der Waals surface area (Å²) in [5, 5.41) is 5.75. The molecule has 0 heterocycles. The number of methoxy groups -OCH3 is 1. The number of ketones is 1. The fourth-order valence-corrected chi connectivity index (χ4v) is 3.76. The van der Waals surface area contributed by atoms with Crippen LogP contribution in [0.15, 0.2) is 0 Å². The third kappa shape index (κ3) is 32.0. The second-order valence-corrected chi connectivity index (χ2v) is 10.7. The standard InChI is InChI=1S/C32H62N2O11/c1-5-30(35)29(34-32(37)10-9-28(2)3)8-6-7-12-33-31(36)11-13-39-16-17-41-20-21-43-24-25-45-27-26-44-23-22-42-19-18-40-15-14-38-4/h28-29H,5-27H2,1-4H3,(H,33,36)(H,34,37)/t29-/m0/s1. The first kappa shape index (κ1) is 43.3. The smallest absolute Gasteiger partial charge is 0.222 e. The van der Waals surface area contributed by atoms with E-state index >= 15 is 0 Å². The van der Waals surface area contributed by atoms with Crippen molar-refractivity contribution in [3.05, 3.63) is 0 Å². The number of rotatable bonds is 35. The van der Waals surface area contributed by atoms with Crippen molar-refractivity contribution in [1.29, 1.82) is 0 Å². The van der Waals surface area contributed by atoms with E-state index in [-0.39, 0.29) is 24.0 Å². The highest BCUT2D eigenvalue weighted by Crippen LogP contribution is 2.07. The normalized spacial score (nSPS) is 12.0. The Kier molecular flexibility index (Phi) is 32.4. The summed E-state index contributed by atoms with van der Waals surface area (Å²) >= 11 is 0. The van der Waals surface area contributed by atoms with Gasteiger partial charge in [-0.2, -0.15) is 0 Å². The Balaban J connectivity index is 3.45. The van der Waals surface area contributed by atoms with Crippen LogP contribution in [0.1, 0.15) is 65.7 Å². The first-order valence-corrected chi connectivity index (χ1v) is 16.5. The van der Waals surface area contributed by atoms with Gasteiger partial charge >= 0.3 is 0 Å². The van der Waals surface area contributed by atoms with Gasteiger partial charge in [-0.1, -0.05) is 20.8 Å². The Bertz CT molecular complexity index is 698. The molecule has 266 valence electrons. The number of hydrogen-bond donors (Lipinski definition) is 2. The molecule has 0 aromatic heterocycles. The fourth-order valence-electron chi connectivity index (χ4n) is 3.76. The molecule has 0 bridgehead atoms. The molecule has 0 aromatic rings. The number of unbranched alkanes of at least 4 members (excludes halogenated alkanes) is 1. The zero-order valence-corrected chi connectivity index (χ0v) is 28.4. The van der Waals surface area contributed by atoms with Crippen LogP contribution < -0.4 is 10.6 Å². The summed E-state index contributed by atoms with van der Waals surface area (Å²) in [5.74, 6) is 0.338. The minimum absolute atomic E-state index is 0.0449. The van der Waals surface area contributed by atoms with Gasteiger partial charge in [-0.15, -0.1) is 0 Å². The van der Waals surface area contributed by atoms with Gasteiger partial charge in [-0.05, 0) is 31.6 Å². The Labute approximate surface area is 271 Å². The lowest BCUT2D eigenvalue weighted by Gasteiger charge is -2.17. The van der Waals surface area contributed by atoms with Crippen molar-refractivity contribution in [2.24, 2.45) is 5.92 Å². The van der Waals surface area contributed by atoms with E-state index in [9.17, 15) is 14.4 Å². The monoisotopic (exact) mass is 650 g/mol. The Morgan fingerprint density at radius 1 is 0.556 bits per heavy atom. The molecule has 45 heavy (non-hydrogen) atoms. The van der Waals surface area contributed by atoms with Gasteiger partial charge < -0.3 is 48.5 Å². The molecule has 0 aliphatic carbocycles. The van der Waals surface area contributed by atoms with E-state index in [0.29, 0.717) is 131 Å². The highest BCUT2D eigenvalue weighted by molar-refractivity contribution is 5.88. The van der Waals surface area contributed by atoms with Crippen LogP contribution in [0.3, 0.4) is 0 Å². The van der Waals surface area contributed by atoms with Gasteiger partial charge in [-0.25, -0.2) is 0 Å². The fraction of sp³-hybridized carbons (Fsp3) is 0.906. The maximum Gasteiger partial charge on any atom is 0.222 e. The SMILES string of the molecule is CCC(=O)[C@H](CCCCNC(=O)CCOCCOCCOCCOCCOCCOCCOCCOC)NC(=O)CCC(C)C. The van der Waals surface area contributed by atoms with E-state index in [4.69, 9.17) is 37.9 Å². The predicted octanol–water partition coefficient (Wildman–Crippen LogP) is 2.33. The predicted molar refractivity (Wildman–Crippen MR) is 170 cm³/mol. The van der Waals surface area contributed by atoms with Crippen LogP contribution in [0.5, 0.6) is 0 Å². The molecule has 0 rings (SSSR count). The van der Waals surface area contributed by atoms with E-state index in [1.807, 2.05) is 0 Å². The third-order valence-electron chi connectivity index (χ3n) is 6.40. The molecule has 2 N–H and O–H groups in total. The summed E-state index contributed by atoms with van der Waals surface area (Å²) in [6.07, 6.45) is 3.96. The second kappa shape index (κ2) is 33.6. The maximum atomic E-state index is 12.2. The molecule has 13 heteroatoms. The lowest BCUT2D eigenvalue weighted by Crippen LogP contribution is -2.40. The lowest BCUT2D eigenvalue weighted by molar-refractivity contribution is -0.128. The van der Waals surface area contributed by atoms with E-state index in [1.54, 1.807) is 14.0 Å². The van der Waals surface area contributed by atoms with Gasteiger partial charge in [0, 0.05) is 32.9 Å². The number of ether oxygens (including phenoxy) is 8. The van der Waals surface area contributed by atoms with Gasteiger partial charge in [0.05, 0.1) is 105 Å². The zero-order chi connectivity index (χ0) is 33.2. The van der Waals surface area contributed by atoms with Crippen LogP contribution in [0.2, 0.25) is 0 Å². The van der Waals surface area contributed by atoms with E-state index in [1.165, 1.54) is 0 Å². The summed E-state index contributed by atoms with van der Waals surface area (Å²) in [4.78, 5) is 36.3. The number of amides is 2. The summed E-state index contributed by atoms with van der Waals surface area (Å²) in [6, 6.07) is -0.447. The second-order valence-electron chi connectivity index (χ2n) is 10.7. The molecule has 0 spiro atoms. The van der Waals surface area contributed by atoms with E-state index in [2.05, 4.69) is 24.5 Å². The third-order valence-corrected chi connectivity index (χ3v) is 6.40. The summed E-state index contributed by atoms with van der Waals surface area (Å²) in [6.45, 7) is 13.8. The molecule has 13 nitrogen and oxygen atoms in total. The Morgan fingerprint density at radius 2 is 1.00 bits per heavy atom. The molecule has 0 aliphatic heterocycles. The first-order valence-electron chi connectivity index (χ1n) is 16.5. The van der Waals surface area contributed by atoms with Crippen molar-refractivity contribution in [2.75, 3.05) is 113 Å². The van der Waals surface area contributed by atoms with Crippen LogP contribution >= 0.6 is 0 Å². The molecule has 0 aliphatic rings. The molecule has 2 amide bonds. The summed E-state index contributed by atoms with van der Waals surface area (Å²) in [5.41, 5.74) is 0. The number of nitrogens with one attached hydrogen (secondary N) is 2. The molecule has 0 saturated heterocycles. The maximum absolute atomic E-state index is 12.2. The van der Waals surface area contributed by atoms with Crippen LogP contribution in [0, 0.1) is 5.92 Å². The number of carbonyl (C=O) groups excluding carboxylic acids is 3. The topological polar surface area (TPSA) is 149 Å². The van der Waals surface area contributed by atoms with E-state index in [0.717, 1.165) is 19.3 Å². The molecule has 0 unspecified atom stereocenters. The molecular weight excluding hydrogens is 588 g/mol. The number of carbonyl (C=O) groups is 3. The Hall–Kier alpha value is -1.71. The van der Waals surface area contributed by atoms with Crippen molar-refractivity contribution in [2.45, 2.75) is 71.8 Å². The largest absolute Gasteiger partial charge is 0.382 e. The molecule has 0 saturated carbocycles. The van der Waals surface area contributed by atoms with E-state index < -0.39 is 6.04 Å². The van der Waals surface area contributed by atoms with Crippen molar-refractivity contribution < 1.29 is 52.3 Å². The quantitative estimate of drug-likeness (QED) is 0.0974. The molecule has 0 radical (unpaired) electrons. The average Bonchev–Trinajstić information content (AvgIpc) is 3.03. The summed E-state index contributed by atoms with van der Waals surface area (Å²) < 4.78 is 42.8. The van der Waals surface area contributed by atoms with Crippen LogP contribution in [0.25, 0.3) is 0 Å². The zero-order valence-electron chi connectivity index (χ0n) is 28.4. The van der Waals surface area contributed by atoms with Gasteiger partial charge in [0.25, 0.3) is 0 Å². The van der Waals surface area contributed by atoms with Crippen molar-refractivity contribution in [3.8, 4) is 0 Å². The number of Topliss-reactive ketones (excluding diaryl/α,β-unsaturated/α-hetero) is 1. The molecular formula is C32H62N2O11. The highest BCUT2D eigenvalue weighted by Gasteiger charge is 2.18. The minimum atomic E-state index is -0.447. The van der Waals surface area contributed by atoms with Crippen LogP contribution in [0.4, 0.5) is 0 Å². The van der Waals surface area contributed by atoms with Gasteiger partial charge in [0.2, 0.25) is 11.8 Å². The highest BCUT2D eigenvalue weighted by atomic mass is 16.6. The van der Waals surface area contributed by atoms with Crippen molar-refractivity contribution in [1.82, 2.24) is 10.6 Å². The van der Waals surface area contributed by atoms with Crippen LogP contribution in [-0.4, -0.2) is 136 Å². The lowest BCUT2D eigenvalue weighted by atomic mass is 10.0. The van der Waals surface area contributed by atoms with Crippen molar-refractivity contribution in [3.63, 3.8) is 0 Å². The van der Waals surface area contributed by atoms with Gasteiger partial charge in [0.1, 0.15) is 0 Å². The van der Waals surface area contributed by atoms with Crippen LogP contribution in [-0.2, 0) is 52.3 Å². The summed E-state index contributed by atoms with van der Waals surface area (Å²) in [7, 11) is 1.64. The Morgan fingerprint density at radius 3 is 1.42 bits per heavy atom. The average molecular weight is 651 g/mol. The molecule has 0 fully saturated rings. The number of hydrogen-bond acceptors (Lipinski definition) is 11.